The van der Waals surface area contributed by atoms with Gasteiger partial charge in [0.05, 0.1) is 25.9 Å². The molecule has 0 aromatic heterocycles. The van der Waals surface area contributed by atoms with E-state index in [4.69, 9.17) is 9.47 Å². The number of ether oxygens (including phenoxy) is 2. The molecule has 0 bridgehead atoms. The zero-order valence-corrected chi connectivity index (χ0v) is 18.2. The first kappa shape index (κ1) is 23.0. The monoisotopic (exact) mass is 429 g/mol. The van der Waals surface area contributed by atoms with Crippen LogP contribution in [0.15, 0.2) is 47.5 Å². The number of guanidine groups is 1. The van der Waals surface area contributed by atoms with Crippen LogP contribution in [0.1, 0.15) is 36.1 Å². The second-order valence-electron chi connectivity index (χ2n) is 7.77. The van der Waals surface area contributed by atoms with Crippen molar-refractivity contribution in [3.63, 3.8) is 0 Å². The van der Waals surface area contributed by atoms with E-state index in [2.05, 4.69) is 15.6 Å². The third-order valence-electron chi connectivity index (χ3n) is 5.20. The van der Waals surface area contributed by atoms with Gasteiger partial charge in [0.15, 0.2) is 5.96 Å². The van der Waals surface area contributed by atoms with Gasteiger partial charge in [-0.15, -0.1) is 0 Å². The molecule has 1 fully saturated rings. The molecule has 0 spiro atoms. The van der Waals surface area contributed by atoms with E-state index >= 15 is 0 Å². The minimum Gasteiger partial charge on any atom is -0.493 e. The largest absolute Gasteiger partial charge is 0.493 e. The summed E-state index contributed by atoms with van der Waals surface area (Å²) in [4.78, 5) is 4.63. The second-order valence-corrected chi connectivity index (χ2v) is 7.77. The molecule has 1 heterocycles. The minimum atomic E-state index is -0.975. The number of aliphatic hydroxyl groups excluding tert-OH is 1. The Labute approximate surface area is 183 Å². The summed E-state index contributed by atoms with van der Waals surface area (Å²) >= 11 is 0. The highest BCUT2D eigenvalue weighted by molar-refractivity contribution is 5.79. The number of rotatable bonds is 9. The number of benzene rings is 2. The van der Waals surface area contributed by atoms with Crippen LogP contribution in [0.25, 0.3) is 0 Å². The Bertz CT molecular complexity index is 869. The number of hydrogen-bond acceptors (Lipinski definition) is 4. The van der Waals surface area contributed by atoms with Crippen LogP contribution in [0, 0.1) is 18.7 Å². The molecular formula is C24H32FN3O3. The highest BCUT2D eigenvalue weighted by Crippen LogP contribution is 2.23. The van der Waals surface area contributed by atoms with Crippen molar-refractivity contribution in [2.45, 2.75) is 32.9 Å². The molecular weight excluding hydrogens is 397 g/mol. The highest BCUT2D eigenvalue weighted by Gasteiger charge is 2.17. The van der Waals surface area contributed by atoms with E-state index in [0.717, 1.165) is 36.5 Å². The number of nitrogens with one attached hydrogen (secondary N) is 2. The standard InChI is InChI=1S/C24H32FN3O3/c1-3-26-24(28-14-22(29)20-6-4-5-7-21(20)25)27-13-19-9-8-17(2)12-23(19)31-16-18-10-11-30-15-18/h4-9,12,18,22,29H,3,10-11,13-16H2,1-2H3,(H2,26,27,28). The van der Waals surface area contributed by atoms with Crippen molar-refractivity contribution in [3.05, 3.63) is 65.0 Å². The predicted molar refractivity (Wildman–Crippen MR) is 120 cm³/mol. The molecule has 1 aliphatic rings. The summed E-state index contributed by atoms with van der Waals surface area (Å²) in [6, 6.07) is 12.3. The van der Waals surface area contributed by atoms with Crippen LogP contribution in [-0.4, -0.2) is 44.0 Å². The van der Waals surface area contributed by atoms with Gasteiger partial charge in [-0.05, 0) is 38.0 Å². The van der Waals surface area contributed by atoms with Crippen molar-refractivity contribution < 1.29 is 19.0 Å². The topological polar surface area (TPSA) is 75.1 Å². The van der Waals surface area contributed by atoms with Crippen molar-refractivity contribution in [1.82, 2.24) is 10.6 Å². The van der Waals surface area contributed by atoms with Crippen molar-refractivity contribution in [2.24, 2.45) is 10.9 Å². The summed E-state index contributed by atoms with van der Waals surface area (Å²) in [5.41, 5.74) is 2.37. The molecule has 0 aliphatic carbocycles. The molecule has 2 aromatic rings. The zero-order valence-electron chi connectivity index (χ0n) is 18.2. The van der Waals surface area contributed by atoms with Crippen LogP contribution in [-0.2, 0) is 11.3 Å². The lowest BCUT2D eigenvalue weighted by Crippen LogP contribution is -2.39. The molecule has 31 heavy (non-hydrogen) atoms. The van der Waals surface area contributed by atoms with Crippen LogP contribution in [0.4, 0.5) is 4.39 Å². The van der Waals surface area contributed by atoms with Crippen LogP contribution < -0.4 is 15.4 Å². The lowest BCUT2D eigenvalue weighted by Gasteiger charge is -2.17. The Morgan fingerprint density at radius 1 is 1.29 bits per heavy atom. The van der Waals surface area contributed by atoms with E-state index in [9.17, 15) is 9.50 Å². The molecule has 6 nitrogen and oxygen atoms in total. The van der Waals surface area contributed by atoms with Gasteiger partial charge in [0.25, 0.3) is 0 Å². The van der Waals surface area contributed by atoms with E-state index < -0.39 is 11.9 Å². The first-order chi connectivity index (χ1) is 15.1. The Hall–Kier alpha value is -2.64. The molecule has 0 radical (unpaired) electrons. The number of aryl methyl sites for hydroxylation is 1. The Kier molecular flexibility index (Phi) is 8.67. The van der Waals surface area contributed by atoms with Gasteiger partial charge in [0.2, 0.25) is 0 Å². The Morgan fingerprint density at radius 3 is 2.87 bits per heavy atom. The van der Waals surface area contributed by atoms with Crippen molar-refractivity contribution in [2.75, 3.05) is 32.9 Å². The summed E-state index contributed by atoms with van der Waals surface area (Å²) in [7, 11) is 0. The molecule has 3 N–H and O–H groups in total. The van der Waals surface area contributed by atoms with Gasteiger partial charge < -0.3 is 25.2 Å². The summed E-state index contributed by atoms with van der Waals surface area (Å²) in [5, 5.41) is 16.6. The molecule has 1 aliphatic heterocycles. The van der Waals surface area contributed by atoms with Crippen LogP contribution in [0.3, 0.4) is 0 Å². The number of hydrogen-bond donors (Lipinski definition) is 3. The van der Waals surface area contributed by atoms with Gasteiger partial charge in [-0.2, -0.15) is 0 Å². The average Bonchev–Trinajstić information content (AvgIpc) is 3.29. The lowest BCUT2D eigenvalue weighted by molar-refractivity contribution is 0.166. The van der Waals surface area contributed by atoms with Crippen molar-refractivity contribution >= 4 is 5.96 Å². The van der Waals surface area contributed by atoms with Gasteiger partial charge in [0, 0.05) is 36.7 Å². The molecule has 2 atom stereocenters. The number of halogens is 1. The first-order valence-electron chi connectivity index (χ1n) is 10.8. The van der Waals surface area contributed by atoms with Gasteiger partial charge in [-0.25, -0.2) is 9.38 Å². The maximum atomic E-state index is 13.9. The van der Waals surface area contributed by atoms with Gasteiger partial charge in [-0.3, -0.25) is 0 Å². The average molecular weight is 430 g/mol. The fourth-order valence-corrected chi connectivity index (χ4v) is 3.40. The van der Waals surface area contributed by atoms with Crippen molar-refractivity contribution in [1.29, 1.82) is 0 Å². The SMILES string of the molecule is CCNC(=NCc1ccc(C)cc1OCC1CCOC1)NCC(O)c1ccccc1F. The Morgan fingerprint density at radius 2 is 2.13 bits per heavy atom. The quantitative estimate of drug-likeness (QED) is 0.421. The van der Waals surface area contributed by atoms with Crippen LogP contribution in [0.2, 0.25) is 0 Å². The van der Waals surface area contributed by atoms with E-state index in [1.165, 1.54) is 6.07 Å². The van der Waals surface area contributed by atoms with Crippen LogP contribution >= 0.6 is 0 Å². The maximum Gasteiger partial charge on any atom is 0.191 e. The molecule has 3 rings (SSSR count). The van der Waals surface area contributed by atoms with Gasteiger partial charge in [0.1, 0.15) is 11.6 Å². The number of aliphatic hydroxyl groups is 1. The Balaban J connectivity index is 1.63. The maximum absolute atomic E-state index is 13.9. The molecule has 0 saturated carbocycles. The second kappa shape index (κ2) is 11.7. The smallest absolute Gasteiger partial charge is 0.191 e. The number of nitrogens with zero attached hydrogens (tertiary/aromatic N) is 1. The van der Waals surface area contributed by atoms with E-state index in [1.54, 1.807) is 18.2 Å². The number of aliphatic imine (C=N–C) groups is 1. The van der Waals surface area contributed by atoms with E-state index in [-0.39, 0.29) is 12.1 Å². The third-order valence-corrected chi connectivity index (χ3v) is 5.20. The van der Waals surface area contributed by atoms with Crippen LogP contribution in [0.5, 0.6) is 5.75 Å². The fraction of sp³-hybridized carbons (Fsp3) is 0.458. The first-order valence-corrected chi connectivity index (χ1v) is 10.8. The molecule has 2 unspecified atom stereocenters. The summed E-state index contributed by atoms with van der Waals surface area (Å²) < 4.78 is 25.4. The van der Waals surface area contributed by atoms with Gasteiger partial charge >= 0.3 is 0 Å². The molecule has 2 aromatic carbocycles. The lowest BCUT2D eigenvalue weighted by atomic mass is 10.1. The van der Waals surface area contributed by atoms with E-state index in [0.29, 0.717) is 31.6 Å². The minimum absolute atomic E-state index is 0.145. The molecule has 168 valence electrons. The molecule has 1 saturated heterocycles. The zero-order chi connectivity index (χ0) is 22.1. The van der Waals surface area contributed by atoms with E-state index in [1.807, 2.05) is 32.0 Å². The van der Waals surface area contributed by atoms with Crippen molar-refractivity contribution in [3.8, 4) is 5.75 Å². The van der Waals surface area contributed by atoms with Gasteiger partial charge in [-0.1, -0.05) is 30.3 Å². The molecule has 7 heteroatoms. The summed E-state index contributed by atoms with van der Waals surface area (Å²) in [6.07, 6.45) is 0.0509. The normalized spacial score (nSPS) is 17.4. The highest BCUT2D eigenvalue weighted by atomic mass is 19.1. The third kappa shape index (κ3) is 6.94. The summed E-state index contributed by atoms with van der Waals surface area (Å²) in [6.45, 7) is 7.41. The predicted octanol–water partition coefficient (Wildman–Crippen LogP) is 3.34. The molecule has 0 amide bonds. The summed E-state index contributed by atoms with van der Waals surface area (Å²) in [5.74, 6) is 1.38. The fourth-order valence-electron chi connectivity index (χ4n) is 3.40.